The van der Waals surface area contributed by atoms with Crippen LogP contribution in [0.25, 0.3) is 0 Å². The maximum Gasteiger partial charge on any atom is 0.385 e. The van der Waals surface area contributed by atoms with Crippen LogP contribution < -0.4 is 11.1 Å². The molecule has 0 amide bonds. The predicted molar refractivity (Wildman–Crippen MR) is 64.6 cm³/mol. The molecule has 0 fully saturated rings. The molecule has 0 saturated heterocycles. The van der Waals surface area contributed by atoms with Gasteiger partial charge in [-0.15, -0.1) is 0 Å². The minimum absolute atomic E-state index is 0.208. The first kappa shape index (κ1) is 15.4. The van der Waals surface area contributed by atoms with Crippen molar-refractivity contribution in [1.82, 2.24) is 5.32 Å². The molecule has 1 unspecified atom stereocenters. The molecule has 0 heterocycles. The first-order valence-electron chi connectivity index (χ1n) is 5.13. The molecule has 92 valence electrons. The lowest BCUT2D eigenvalue weighted by atomic mass is 10.2. The third-order valence-electron chi connectivity index (χ3n) is 1.86. The van der Waals surface area contributed by atoms with Crippen molar-refractivity contribution < 1.29 is 14.4 Å². The van der Waals surface area contributed by atoms with E-state index >= 15 is 0 Å². The number of hydrogen-bond donors (Lipinski definition) is 4. The Labute approximate surface area is 95.1 Å². The molecule has 0 aliphatic heterocycles. The minimum Gasteiger partial charge on any atom is -0.330 e. The van der Waals surface area contributed by atoms with Crippen LogP contribution in [0.5, 0.6) is 0 Å². The Morgan fingerprint density at radius 3 is 2.47 bits per heavy atom. The largest absolute Gasteiger partial charge is 0.385 e. The van der Waals surface area contributed by atoms with Crippen LogP contribution in [0.2, 0.25) is 0 Å². The lowest BCUT2D eigenvalue weighted by Gasteiger charge is -2.13. The molecule has 0 rings (SSSR count). The van der Waals surface area contributed by atoms with Crippen LogP contribution in [0.4, 0.5) is 0 Å². The third kappa shape index (κ3) is 12.4. The van der Waals surface area contributed by atoms with E-state index in [1.807, 2.05) is 0 Å². The van der Waals surface area contributed by atoms with Gasteiger partial charge >= 0.3 is 6.80 Å². The van der Waals surface area contributed by atoms with E-state index in [2.05, 4.69) is 5.32 Å². The van der Waals surface area contributed by atoms with Crippen LogP contribution in [0.1, 0.15) is 32.6 Å². The molecule has 0 bridgehead atoms. The fraction of sp³-hybridized carbons (Fsp3) is 1.00. The molecule has 0 aliphatic rings. The van der Waals surface area contributed by atoms with E-state index in [-0.39, 0.29) is 5.37 Å². The van der Waals surface area contributed by atoms with Gasteiger partial charge in [-0.25, -0.2) is 4.57 Å². The van der Waals surface area contributed by atoms with Gasteiger partial charge in [0.15, 0.2) is 0 Å². The molecule has 0 aromatic rings. The highest BCUT2D eigenvalue weighted by Crippen LogP contribution is 2.51. The molecular formula is C8H21N2O3PS. The quantitative estimate of drug-likeness (QED) is 0.282. The van der Waals surface area contributed by atoms with E-state index in [9.17, 15) is 4.57 Å². The fourth-order valence-corrected chi connectivity index (χ4v) is 3.24. The highest BCUT2D eigenvalue weighted by atomic mass is 32.7. The SMILES string of the molecule is CC(NCCCCCCN)SP(=O)(O)O. The van der Waals surface area contributed by atoms with Crippen molar-refractivity contribution >= 4 is 18.2 Å². The van der Waals surface area contributed by atoms with E-state index < -0.39 is 6.80 Å². The lowest BCUT2D eigenvalue weighted by molar-refractivity contribution is 0.396. The van der Waals surface area contributed by atoms with Crippen LogP contribution in [0, 0.1) is 0 Å². The summed E-state index contributed by atoms with van der Waals surface area (Å²) in [6, 6.07) is 0. The van der Waals surface area contributed by atoms with Gasteiger partial charge in [0.1, 0.15) is 0 Å². The van der Waals surface area contributed by atoms with Crippen LogP contribution in [0.15, 0.2) is 0 Å². The smallest absolute Gasteiger partial charge is 0.330 e. The van der Waals surface area contributed by atoms with Crippen molar-refractivity contribution in [2.75, 3.05) is 13.1 Å². The zero-order chi connectivity index (χ0) is 11.7. The third-order valence-corrected chi connectivity index (χ3v) is 4.39. The first-order valence-corrected chi connectivity index (χ1v) is 8.23. The second-order valence-electron chi connectivity index (χ2n) is 3.40. The van der Waals surface area contributed by atoms with E-state index in [0.29, 0.717) is 11.4 Å². The average molecular weight is 256 g/mol. The van der Waals surface area contributed by atoms with E-state index in [0.717, 1.165) is 38.8 Å². The van der Waals surface area contributed by atoms with Crippen molar-refractivity contribution in [2.45, 2.75) is 38.0 Å². The Morgan fingerprint density at radius 1 is 1.33 bits per heavy atom. The fourth-order valence-electron chi connectivity index (χ4n) is 1.17. The van der Waals surface area contributed by atoms with E-state index in [4.69, 9.17) is 15.5 Å². The van der Waals surface area contributed by atoms with Crippen LogP contribution in [-0.4, -0.2) is 28.3 Å². The predicted octanol–water partition coefficient (Wildman–Crippen LogP) is 1.27. The summed E-state index contributed by atoms with van der Waals surface area (Å²) in [6.45, 7) is -0.672. The molecule has 5 nitrogen and oxygen atoms in total. The van der Waals surface area contributed by atoms with Crippen LogP contribution in [0.3, 0.4) is 0 Å². The molecule has 0 aromatic carbocycles. The lowest BCUT2D eigenvalue weighted by Crippen LogP contribution is -2.23. The highest BCUT2D eigenvalue weighted by molar-refractivity contribution is 8.54. The van der Waals surface area contributed by atoms with E-state index in [1.165, 1.54) is 0 Å². The normalized spacial score (nSPS) is 14.1. The van der Waals surface area contributed by atoms with Crippen LogP contribution in [-0.2, 0) is 4.57 Å². The summed E-state index contributed by atoms with van der Waals surface area (Å²) in [5.74, 6) is 0. The average Bonchev–Trinajstić information content (AvgIpc) is 2.08. The molecule has 0 aliphatic carbocycles. The monoisotopic (exact) mass is 256 g/mol. The number of nitrogens with two attached hydrogens (primary N) is 1. The molecule has 5 N–H and O–H groups in total. The number of hydrogen-bond acceptors (Lipinski definition) is 4. The standard InChI is InChI=1S/C8H21N2O3PS/c1-8(15-14(11,12)13)10-7-5-3-2-4-6-9/h8,10H,2-7,9H2,1H3,(H2,11,12,13). The van der Waals surface area contributed by atoms with Gasteiger partial charge in [-0.05, 0) is 44.2 Å². The summed E-state index contributed by atoms with van der Waals surface area (Å²) in [6.07, 6.45) is 4.30. The first-order chi connectivity index (χ1) is 6.95. The Hall–Kier alpha value is 0.420. The van der Waals surface area contributed by atoms with Gasteiger partial charge in [-0.3, -0.25) is 0 Å². The van der Waals surface area contributed by atoms with Crippen molar-refractivity contribution in [1.29, 1.82) is 0 Å². The van der Waals surface area contributed by atoms with E-state index in [1.54, 1.807) is 6.92 Å². The van der Waals surface area contributed by atoms with Gasteiger partial charge in [-0.1, -0.05) is 12.8 Å². The summed E-state index contributed by atoms with van der Waals surface area (Å²) < 4.78 is 10.6. The number of rotatable bonds is 9. The second kappa shape index (κ2) is 8.56. The Kier molecular flexibility index (Phi) is 8.80. The van der Waals surface area contributed by atoms with Gasteiger partial charge < -0.3 is 20.8 Å². The minimum atomic E-state index is -3.95. The summed E-state index contributed by atoms with van der Waals surface area (Å²) in [7, 11) is 0. The van der Waals surface area contributed by atoms with Crippen molar-refractivity contribution in [2.24, 2.45) is 5.73 Å². The summed E-state index contributed by atoms with van der Waals surface area (Å²) in [4.78, 5) is 17.4. The second-order valence-corrected chi connectivity index (χ2v) is 7.35. The maximum absolute atomic E-state index is 10.6. The van der Waals surface area contributed by atoms with Crippen molar-refractivity contribution in [3.05, 3.63) is 0 Å². The van der Waals surface area contributed by atoms with Gasteiger partial charge in [0.05, 0.1) is 5.37 Å². The van der Waals surface area contributed by atoms with Gasteiger partial charge in [-0.2, -0.15) is 0 Å². The molecule has 0 saturated carbocycles. The summed E-state index contributed by atoms with van der Waals surface area (Å²) in [5, 5.41) is 2.85. The Morgan fingerprint density at radius 2 is 1.93 bits per heavy atom. The highest BCUT2D eigenvalue weighted by Gasteiger charge is 2.18. The Balaban J connectivity index is 3.32. The number of unbranched alkanes of at least 4 members (excludes halogenated alkanes) is 3. The molecule has 0 aromatic heterocycles. The zero-order valence-corrected chi connectivity index (χ0v) is 10.8. The molecule has 7 heteroatoms. The molecule has 0 radical (unpaired) electrons. The zero-order valence-electron chi connectivity index (χ0n) is 9.06. The van der Waals surface area contributed by atoms with Gasteiger partial charge in [0.2, 0.25) is 0 Å². The molecule has 1 atom stereocenters. The summed E-state index contributed by atoms with van der Waals surface area (Å²) >= 11 is 0.661. The molecule has 0 spiro atoms. The molecule has 15 heavy (non-hydrogen) atoms. The summed E-state index contributed by atoms with van der Waals surface area (Å²) in [5.41, 5.74) is 5.36. The van der Waals surface area contributed by atoms with Gasteiger partial charge in [0, 0.05) is 0 Å². The van der Waals surface area contributed by atoms with Gasteiger partial charge in [0.25, 0.3) is 0 Å². The van der Waals surface area contributed by atoms with Crippen molar-refractivity contribution in [3.63, 3.8) is 0 Å². The molecular weight excluding hydrogens is 235 g/mol. The van der Waals surface area contributed by atoms with Crippen LogP contribution >= 0.6 is 18.2 Å². The number of nitrogens with one attached hydrogen (secondary N) is 1. The maximum atomic E-state index is 10.6. The topological polar surface area (TPSA) is 95.6 Å². The van der Waals surface area contributed by atoms with Crippen molar-refractivity contribution in [3.8, 4) is 0 Å². The Bertz CT molecular complexity index is 200.